The molecule has 27 heavy (non-hydrogen) atoms. The number of hydrogen-bond donors (Lipinski definition) is 0. The molecule has 0 bridgehead atoms. The van der Waals surface area contributed by atoms with Crippen molar-refractivity contribution in [3.05, 3.63) is 59.2 Å². The Morgan fingerprint density at radius 3 is 2.56 bits per heavy atom. The lowest BCUT2D eigenvalue weighted by atomic mass is 10.0. The van der Waals surface area contributed by atoms with Crippen molar-refractivity contribution in [3.8, 4) is 21.6 Å². The van der Waals surface area contributed by atoms with Crippen molar-refractivity contribution in [2.75, 3.05) is 27.2 Å². The molecule has 0 saturated heterocycles. The second-order valence-corrected chi connectivity index (χ2v) is 8.77. The highest BCUT2D eigenvalue weighted by atomic mass is 35.5. The number of fused-ring (bicyclic) bond motifs is 5. The number of thiophene rings is 1. The normalized spacial score (nSPS) is 12.0. The first-order chi connectivity index (χ1) is 12.6. The van der Waals surface area contributed by atoms with E-state index in [0.29, 0.717) is 13.2 Å². The average Bonchev–Trinajstić information content (AvgIpc) is 2.99. The lowest BCUT2D eigenvalue weighted by Gasteiger charge is -2.09. The number of nitrogens with zero attached hydrogens (tertiary/aromatic N) is 1. The first-order valence-electron chi connectivity index (χ1n) is 8.54. The molecule has 0 N–H and O–H groups in total. The molecule has 0 amide bonds. The minimum absolute atomic E-state index is 0. The summed E-state index contributed by atoms with van der Waals surface area (Å²) in [6.07, 6.45) is 0. The van der Waals surface area contributed by atoms with Gasteiger partial charge in [0.1, 0.15) is 5.82 Å². The highest BCUT2D eigenvalue weighted by molar-refractivity contribution is 7.99. The molecule has 4 rings (SSSR count). The highest BCUT2D eigenvalue weighted by Crippen LogP contribution is 2.51. The number of likely N-dealkylation sites (N-methyl/N-ethyl adjacent to an activating group) is 1. The van der Waals surface area contributed by atoms with Crippen molar-refractivity contribution in [2.45, 2.75) is 16.4 Å². The van der Waals surface area contributed by atoms with Crippen LogP contribution < -0.4 is 0 Å². The predicted molar refractivity (Wildman–Crippen MR) is 115 cm³/mol. The van der Waals surface area contributed by atoms with Gasteiger partial charge in [-0.3, -0.25) is 0 Å². The van der Waals surface area contributed by atoms with Crippen LogP contribution in [-0.4, -0.2) is 32.1 Å². The lowest BCUT2D eigenvalue weighted by molar-refractivity contribution is 0.107. The highest BCUT2D eigenvalue weighted by Gasteiger charge is 2.22. The molecule has 0 aliphatic carbocycles. The van der Waals surface area contributed by atoms with E-state index in [-0.39, 0.29) is 18.2 Å². The van der Waals surface area contributed by atoms with Crippen LogP contribution in [0.3, 0.4) is 0 Å². The molecule has 0 spiro atoms. The Hall–Kier alpha value is -1.37. The molecule has 6 heteroatoms. The van der Waals surface area contributed by atoms with Gasteiger partial charge >= 0.3 is 0 Å². The van der Waals surface area contributed by atoms with Crippen LogP contribution in [0.5, 0.6) is 0 Å². The van der Waals surface area contributed by atoms with Crippen LogP contribution in [0.25, 0.3) is 21.6 Å². The molecule has 1 aliphatic rings. The van der Waals surface area contributed by atoms with Gasteiger partial charge in [0.05, 0.1) is 13.2 Å². The van der Waals surface area contributed by atoms with Crippen molar-refractivity contribution in [1.82, 2.24) is 4.90 Å². The molecule has 1 aliphatic heterocycles. The van der Waals surface area contributed by atoms with Gasteiger partial charge in [0.15, 0.2) is 0 Å². The Labute approximate surface area is 173 Å². The predicted octanol–water partition coefficient (Wildman–Crippen LogP) is 6.19. The lowest BCUT2D eigenvalue weighted by Crippen LogP contribution is -2.17. The summed E-state index contributed by atoms with van der Waals surface area (Å²) in [7, 11) is 4.08. The van der Waals surface area contributed by atoms with Crippen LogP contribution in [0.2, 0.25) is 0 Å². The zero-order valence-corrected chi connectivity index (χ0v) is 17.6. The molecule has 2 aromatic carbocycles. The van der Waals surface area contributed by atoms with Crippen LogP contribution in [0.15, 0.2) is 58.3 Å². The molecule has 1 aromatic heterocycles. The summed E-state index contributed by atoms with van der Waals surface area (Å²) >= 11 is 3.41. The topological polar surface area (TPSA) is 12.5 Å². The van der Waals surface area contributed by atoms with Gasteiger partial charge < -0.3 is 9.64 Å². The molecule has 0 atom stereocenters. The van der Waals surface area contributed by atoms with Gasteiger partial charge in [-0.1, -0.05) is 30.0 Å². The summed E-state index contributed by atoms with van der Waals surface area (Å²) in [5.41, 5.74) is 3.36. The van der Waals surface area contributed by atoms with Gasteiger partial charge in [0.2, 0.25) is 0 Å². The van der Waals surface area contributed by atoms with E-state index < -0.39 is 0 Å². The fraction of sp³-hybridized carbons (Fsp3) is 0.238. The number of ether oxygens (including phenoxy) is 1. The van der Waals surface area contributed by atoms with Crippen molar-refractivity contribution in [3.63, 3.8) is 0 Å². The second kappa shape index (κ2) is 8.76. The Kier molecular flexibility index (Phi) is 6.61. The Morgan fingerprint density at radius 2 is 1.74 bits per heavy atom. The standard InChI is InChI=1S/C21H20FNOS2.ClH/c1-23(2)9-10-24-13-15-12-17-16-5-3-4-6-19(16)26-20-8-7-14(22)11-18(20)21(17)25-15;/h3-8,11-12H,9-10,13H2,1-2H3;1H. The quantitative estimate of drug-likeness (QED) is 0.357. The maximum atomic E-state index is 13.9. The van der Waals surface area contributed by atoms with Crippen molar-refractivity contribution < 1.29 is 9.13 Å². The molecular weight excluding hydrogens is 401 g/mol. The van der Waals surface area contributed by atoms with Crippen LogP contribution in [-0.2, 0) is 11.3 Å². The summed E-state index contributed by atoms with van der Waals surface area (Å²) in [4.78, 5) is 6.71. The van der Waals surface area contributed by atoms with E-state index in [4.69, 9.17) is 4.74 Å². The van der Waals surface area contributed by atoms with E-state index in [1.54, 1.807) is 29.2 Å². The SMILES string of the molecule is CN(C)CCOCc1cc2c(s1)-c1cc(F)ccc1Sc1ccccc1-2.Cl. The third-order valence-corrected chi connectivity index (χ3v) is 6.59. The number of benzene rings is 2. The molecule has 3 aromatic rings. The van der Waals surface area contributed by atoms with E-state index in [1.807, 2.05) is 20.2 Å². The largest absolute Gasteiger partial charge is 0.375 e. The third kappa shape index (κ3) is 4.39. The van der Waals surface area contributed by atoms with Crippen LogP contribution in [0, 0.1) is 5.82 Å². The molecule has 2 nitrogen and oxygen atoms in total. The molecule has 142 valence electrons. The maximum Gasteiger partial charge on any atom is 0.123 e. The van der Waals surface area contributed by atoms with Crippen molar-refractivity contribution in [1.29, 1.82) is 0 Å². The summed E-state index contributed by atoms with van der Waals surface area (Å²) < 4.78 is 19.8. The van der Waals surface area contributed by atoms with Gasteiger partial charge in [-0.25, -0.2) is 4.39 Å². The fourth-order valence-electron chi connectivity index (χ4n) is 3.00. The van der Waals surface area contributed by atoms with Gasteiger partial charge in [-0.15, -0.1) is 23.7 Å². The Morgan fingerprint density at radius 1 is 0.963 bits per heavy atom. The van der Waals surface area contributed by atoms with Crippen LogP contribution in [0.1, 0.15) is 4.88 Å². The summed E-state index contributed by atoms with van der Waals surface area (Å²) in [6.45, 7) is 2.19. The number of hydrogen-bond acceptors (Lipinski definition) is 4. The zero-order chi connectivity index (χ0) is 18.1. The van der Waals surface area contributed by atoms with Crippen LogP contribution in [0.4, 0.5) is 4.39 Å². The van der Waals surface area contributed by atoms with E-state index in [9.17, 15) is 4.39 Å². The number of halogens is 2. The van der Waals surface area contributed by atoms with Gasteiger partial charge in [0, 0.05) is 37.2 Å². The van der Waals surface area contributed by atoms with Gasteiger partial charge in [-0.05, 0) is 50.0 Å². The molecule has 0 unspecified atom stereocenters. The zero-order valence-electron chi connectivity index (χ0n) is 15.2. The van der Waals surface area contributed by atoms with E-state index in [0.717, 1.165) is 21.9 Å². The molecular formula is C21H21ClFNOS2. The molecule has 2 heterocycles. The Bertz CT molecular complexity index is 942. The van der Waals surface area contributed by atoms with Gasteiger partial charge in [0.25, 0.3) is 0 Å². The third-order valence-electron chi connectivity index (χ3n) is 4.29. The maximum absolute atomic E-state index is 13.9. The Balaban J connectivity index is 0.00000210. The monoisotopic (exact) mass is 421 g/mol. The first kappa shape index (κ1) is 20.4. The van der Waals surface area contributed by atoms with Crippen LogP contribution >= 0.6 is 35.5 Å². The average molecular weight is 422 g/mol. The van der Waals surface area contributed by atoms with E-state index in [2.05, 4.69) is 35.2 Å². The number of rotatable bonds is 5. The smallest absolute Gasteiger partial charge is 0.123 e. The van der Waals surface area contributed by atoms with Crippen molar-refractivity contribution >= 4 is 35.5 Å². The second-order valence-electron chi connectivity index (χ2n) is 6.55. The fourth-order valence-corrected chi connectivity index (χ4v) is 5.28. The molecule has 0 fully saturated rings. The summed E-state index contributed by atoms with van der Waals surface area (Å²) in [5, 5.41) is 0. The first-order valence-corrected chi connectivity index (χ1v) is 10.2. The minimum atomic E-state index is -0.196. The van der Waals surface area contributed by atoms with Crippen molar-refractivity contribution in [2.24, 2.45) is 0 Å². The molecule has 0 saturated carbocycles. The molecule has 0 radical (unpaired) electrons. The minimum Gasteiger partial charge on any atom is -0.375 e. The van der Waals surface area contributed by atoms with Gasteiger partial charge in [-0.2, -0.15) is 0 Å². The summed E-state index contributed by atoms with van der Waals surface area (Å²) in [6, 6.07) is 15.7. The summed E-state index contributed by atoms with van der Waals surface area (Å²) in [5.74, 6) is -0.196. The van der Waals surface area contributed by atoms with E-state index in [1.165, 1.54) is 27.0 Å². The van der Waals surface area contributed by atoms with E-state index >= 15 is 0 Å².